The van der Waals surface area contributed by atoms with E-state index in [0.29, 0.717) is 11.5 Å². The Labute approximate surface area is 89.3 Å². The van der Waals surface area contributed by atoms with Crippen LogP contribution in [-0.4, -0.2) is 24.2 Å². The van der Waals surface area contributed by atoms with E-state index in [-0.39, 0.29) is 0 Å². The van der Waals surface area contributed by atoms with Crippen LogP contribution in [0.25, 0.3) is 0 Å². The number of carboxylic acids is 1. The lowest BCUT2D eigenvalue weighted by Gasteiger charge is -2.40. The minimum absolute atomic E-state index is 0.449. The molecule has 1 aliphatic heterocycles. The van der Waals surface area contributed by atoms with E-state index >= 15 is 0 Å². The van der Waals surface area contributed by atoms with Gasteiger partial charge in [-0.15, -0.1) is 0 Å². The molecular weight excluding hydrogens is 190 g/mol. The van der Waals surface area contributed by atoms with E-state index in [2.05, 4.69) is 11.8 Å². The van der Waals surface area contributed by atoms with Crippen molar-refractivity contribution in [2.45, 2.75) is 13.8 Å². The Hall–Kier alpha value is -1.51. The second-order valence-corrected chi connectivity index (χ2v) is 4.28. The molecule has 2 rings (SSSR count). The Kier molecular flexibility index (Phi) is 2.39. The summed E-state index contributed by atoms with van der Waals surface area (Å²) < 4.78 is 0. The van der Waals surface area contributed by atoms with Crippen LogP contribution in [0.4, 0.5) is 5.69 Å². The molecule has 0 radical (unpaired) electrons. The van der Waals surface area contributed by atoms with E-state index in [0.717, 1.165) is 24.3 Å². The summed E-state index contributed by atoms with van der Waals surface area (Å²) >= 11 is 0. The number of hydrogen-bond donors (Lipinski definition) is 1. The first-order valence-corrected chi connectivity index (χ1v) is 5.17. The average Bonchev–Trinajstić information content (AvgIpc) is 2.12. The lowest BCUT2D eigenvalue weighted by atomic mass is 9.98. The molecule has 15 heavy (non-hydrogen) atoms. The largest absolute Gasteiger partial charge is 0.478 e. The van der Waals surface area contributed by atoms with Gasteiger partial charge in [0.1, 0.15) is 0 Å². The fourth-order valence-corrected chi connectivity index (χ4v) is 2.09. The molecule has 3 heteroatoms. The molecule has 1 aliphatic rings. The maximum absolute atomic E-state index is 11.1. The van der Waals surface area contributed by atoms with Crippen LogP contribution in [0.5, 0.6) is 0 Å². The number of aryl methyl sites for hydroxylation is 1. The zero-order chi connectivity index (χ0) is 11.0. The molecular formula is C12H15NO2. The zero-order valence-corrected chi connectivity index (χ0v) is 9.03. The van der Waals surface area contributed by atoms with Gasteiger partial charge in [0.15, 0.2) is 0 Å². The highest BCUT2D eigenvalue weighted by molar-refractivity contribution is 5.96. The van der Waals surface area contributed by atoms with E-state index in [1.54, 1.807) is 0 Å². The monoisotopic (exact) mass is 205 g/mol. The van der Waals surface area contributed by atoms with Crippen LogP contribution in [-0.2, 0) is 0 Å². The van der Waals surface area contributed by atoms with Crippen molar-refractivity contribution in [1.82, 2.24) is 0 Å². The average molecular weight is 205 g/mol. The summed E-state index contributed by atoms with van der Waals surface area (Å²) in [6, 6.07) is 5.65. The van der Waals surface area contributed by atoms with Gasteiger partial charge in [0.25, 0.3) is 0 Å². The standard InChI is InChI=1S/C12H15NO2/c1-8-6-13(7-8)10-5-3-4-9(2)11(10)12(14)15/h3-5,8H,6-7H2,1-2H3,(H,14,15). The summed E-state index contributed by atoms with van der Waals surface area (Å²) in [5.41, 5.74) is 2.14. The van der Waals surface area contributed by atoms with E-state index in [9.17, 15) is 4.79 Å². The van der Waals surface area contributed by atoms with E-state index in [4.69, 9.17) is 5.11 Å². The highest BCUT2D eigenvalue weighted by Crippen LogP contribution is 2.29. The molecule has 3 nitrogen and oxygen atoms in total. The summed E-state index contributed by atoms with van der Waals surface area (Å²) in [6.45, 7) is 5.94. The molecule has 0 saturated carbocycles. The second kappa shape index (κ2) is 3.57. The van der Waals surface area contributed by atoms with Gasteiger partial charge >= 0.3 is 5.97 Å². The topological polar surface area (TPSA) is 40.5 Å². The van der Waals surface area contributed by atoms with Crippen molar-refractivity contribution < 1.29 is 9.90 Å². The molecule has 0 aliphatic carbocycles. The van der Waals surface area contributed by atoms with Crippen LogP contribution in [0.1, 0.15) is 22.8 Å². The molecule has 80 valence electrons. The Morgan fingerprint density at radius 3 is 2.67 bits per heavy atom. The maximum atomic E-state index is 11.1. The molecule has 1 aromatic carbocycles. The third-order valence-electron chi connectivity index (χ3n) is 2.87. The van der Waals surface area contributed by atoms with Crippen LogP contribution in [0, 0.1) is 12.8 Å². The van der Waals surface area contributed by atoms with Crippen LogP contribution in [0.2, 0.25) is 0 Å². The number of hydrogen-bond acceptors (Lipinski definition) is 2. The van der Waals surface area contributed by atoms with Crippen molar-refractivity contribution in [2.24, 2.45) is 5.92 Å². The van der Waals surface area contributed by atoms with Crippen LogP contribution in [0.3, 0.4) is 0 Å². The Morgan fingerprint density at radius 2 is 2.13 bits per heavy atom. The van der Waals surface area contributed by atoms with Gasteiger partial charge in [0.2, 0.25) is 0 Å². The molecule has 0 atom stereocenters. The van der Waals surface area contributed by atoms with Gasteiger partial charge in [-0.2, -0.15) is 0 Å². The molecule has 0 amide bonds. The van der Waals surface area contributed by atoms with Gasteiger partial charge in [-0.1, -0.05) is 19.1 Å². The maximum Gasteiger partial charge on any atom is 0.338 e. The zero-order valence-electron chi connectivity index (χ0n) is 9.03. The first-order valence-electron chi connectivity index (χ1n) is 5.17. The van der Waals surface area contributed by atoms with Gasteiger partial charge in [-0.05, 0) is 24.5 Å². The minimum Gasteiger partial charge on any atom is -0.478 e. The summed E-state index contributed by atoms with van der Waals surface area (Å²) in [6.07, 6.45) is 0. The molecule has 1 fully saturated rings. The van der Waals surface area contributed by atoms with E-state index in [1.807, 2.05) is 25.1 Å². The number of carboxylic acid groups (broad SMARTS) is 1. The first kappa shape index (κ1) is 10.0. The van der Waals surface area contributed by atoms with Crippen LogP contribution in [0.15, 0.2) is 18.2 Å². The predicted octanol–water partition coefficient (Wildman–Crippen LogP) is 2.15. The Bertz CT molecular complexity index is 395. The highest BCUT2D eigenvalue weighted by atomic mass is 16.4. The van der Waals surface area contributed by atoms with Crippen molar-refractivity contribution in [1.29, 1.82) is 0 Å². The number of carbonyl (C=O) groups is 1. The third-order valence-corrected chi connectivity index (χ3v) is 2.87. The van der Waals surface area contributed by atoms with E-state index in [1.165, 1.54) is 0 Å². The Balaban J connectivity index is 2.38. The third kappa shape index (κ3) is 1.69. The summed E-state index contributed by atoms with van der Waals surface area (Å²) in [5, 5.41) is 9.15. The van der Waals surface area contributed by atoms with Crippen molar-refractivity contribution >= 4 is 11.7 Å². The number of nitrogens with zero attached hydrogens (tertiary/aromatic N) is 1. The normalized spacial score (nSPS) is 16.3. The molecule has 0 bridgehead atoms. The van der Waals surface area contributed by atoms with Gasteiger partial charge in [0.05, 0.1) is 11.3 Å². The number of aromatic carboxylic acids is 1. The van der Waals surface area contributed by atoms with E-state index < -0.39 is 5.97 Å². The summed E-state index contributed by atoms with van der Waals surface area (Å²) in [5.74, 6) is -0.158. The lowest BCUT2D eigenvalue weighted by Crippen LogP contribution is -2.45. The van der Waals surface area contributed by atoms with Crippen LogP contribution < -0.4 is 4.90 Å². The predicted molar refractivity (Wildman–Crippen MR) is 59.5 cm³/mol. The molecule has 1 N–H and O–H groups in total. The van der Waals surface area contributed by atoms with Gasteiger partial charge in [-0.25, -0.2) is 4.79 Å². The number of anilines is 1. The van der Waals surface area contributed by atoms with Crippen molar-refractivity contribution in [3.8, 4) is 0 Å². The van der Waals surface area contributed by atoms with Gasteiger partial charge in [-0.3, -0.25) is 0 Å². The first-order chi connectivity index (χ1) is 7.09. The van der Waals surface area contributed by atoms with Gasteiger partial charge < -0.3 is 10.0 Å². The molecule has 1 aromatic rings. The molecule has 1 heterocycles. The second-order valence-electron chi connectivity index (χ2n) is 4.28. The fourth-order valence-electron chi connectivity index (χ4n) is 2.09. The highest BCUT2D eigenvalue weighted by Gasteiger charge is 2.26. The number of benzene rings is 1. The smallest absolute Gasteiger partial charge is 0.338 e. The van der Waals surface area contributed by atoms with Crippen LogP contribution >= 0.6 is 0 Å². The van der Waals surface area contributed by atoms with Crippen molar-refractivity contribution in [2.75, 3.05) is 18.0 Å². The Morgan fingerprint density at radius 1 is 1.47 bits per heavy atom. The molecule has 0 spiro atoms. The SMILES string of the molecule is Cc1cccc(N2CC(C)C2)c1C(=O)O. The summed E-state index contributed by atoms with van der Waals surface area (Å²) in [4.78, 5) is 13.3. The molecule has 1 saturated heterocycles. The van der Waals surface area contributed by atoms with Crippen molar-refractivity contribution in [3.05, 3.63) is 29.3 Å². The van der Waals surface area contributed by atoms with Crippen molar-refractivity contribution in [3.63, 3.8) is 0 Å². The molecule has 0 aromatic heterocycles. The quantitative estimate of drug-likeness (QED) is 0.804. The number of rotatable bonds is 2. The van der Waals surface area contributed by atoms with Gasteiger partial charge in [0, 0.05) is 13.1 Å². The molecule has 0 unspecified atom stereocenters. The fraction of sp³-hybridized carbons (Fsp3) is 0.417. The summed E-state index contributed by atoms with van der Waals surface area (Å²) in [7, 11) is 0. The lowest BCUT2D eigenvalue weighted by molar-refractivity contribution is 0.0696. The minimum atomic E-state index is -0.831.